The minimum absolute atomic E-state index is 0.292. The van der Waals surface area contributed by atoms with Gasteiger partial charge in [0.25, 0.3) is 5.91 Å². The first-order chi connectivity index (χ1) is 10.5. The minimum Gasteiger partial charge on any atom is -0.369 e. The van der Waals surface area contributed by atoms with Crippen LogP contribution in [0.4, 0.5) is 17.3 Å². The molecule has 0 fully saturated rings. The van der Waals surface area contributed by atoms with Crippen molar-refractivity contribution in [3.8, 4) is 0 Å². The fourth-order valence-electron chi connectivity index (χ4n) is 1.80. The quantitative estimate of drug-likeness (QED) is 0.619. The van der Waals surface area contributed by atoms with Gasteiger partial charge in [0, 0.05) is 29.8 Å². The number of amides is 1. The Morgan fingerprint density at radius 2 is 2.14 bits per heavy atom. The normalized spacial score (nSPS) is 10.3. The summed E-state index contributed by atoms with van der Waals surface area (Å²) in [5.74, 6) is 0.653. The van der Waals surface area contributed by atoms with E-state index in [1.807, 2.05) is 13.0 Å². The van der Waals surface area contributed by atoms with E-state index in [1.54, 1.807) is 12.1 Å². The zero-order valence-electron chi connectivity index (χ0n) is 12.1. The Balaban J connectivity index is 2.33. The molecule has 0 unspecified atom stereocenters. The van der Waals surface area contributed by atoms with Crippen molar-refractivity contribution in [3.63, 3.8) is 0 Å². The monoisotopic (exact) mass is 364 g/mol. The molecule has 0 saturated carbocycles. The molecular formula is C14H17BrN6O. The lowest BCUT2D eigenvalue weighted by atomic mass is 10.2. The van der Waals surface area contributed by atoms with Gasteiger partial charge in [0.15, 0.2) is 0 Å². The van der Waals surface area contributed by atoms with E-state index >= 15 is 0 Å². The van der Waals surface area contributed by atoms with E-state index in [1.165, 1.54) is 6.20 Å². The van der Waals surface area contributed by atoms with Gasteiger partial charge in [-0.05, 0) is 35.0 Å². The molecule has 2 heterocycles. The summed E-state index contributed by atoms with van der Waals surface area (Å²) in [6, 6.07) is 5.38. The maximum atomic E-state index is 11.5. The van der Waals surface area contributed by atoms with Gasteiger partial charge in [-0.15, -0.1) is 0 Å². The van der Waals surface area contributed by atoms with Gasteiger partial charge in [-0.2, -0.15) is 0 Å². The van der Waals surface area contributed by atoms with Crippen molar-refractivity contribution in [3.05, 3.63) is 40.1 Å². The molecule has 0 aliphatic carbocycles. The van der Waals surface area contributed by atoms with Crippen molar-refractivity contribution < 1.29 is 4.79 Å². The molecule has 0 radical (unpaired) electrons. The Hall–Kier alpha value is -2.19. The van der Waals surface area contributed by atoms with Crippen molar-refractivity contribution in [2.24, 2.45) is 11.5 Å². The van der Waals surface area contributed by atoms with E-state index < -0.39 is 5.91 Å². The molecule has 0 aliphatic rings. The molecule has 2 aromatic rings. The van der Waals surface area contributed by atoms with Crippen LogP contribution in [0, 0.1) is 6.92 Å². The fraction of sp³-hybridized carbons (Fsp3) is 0.214. The van der Waals surface area contributed by atoms with Crippen LogP contribution in [0.25, 0.3) is 0 Å². The largest absolute Gasteiger partial charge is 0.369 e. The van der Waals surface area contributed by atoms with Gasteiger partial charge in [-0.25, -0.2) is 9.97 Å². The van der Waals surface area contributed by atoms with E-state index in [9.17, 15) is 4.79 Å². The lowest BCUT2D eigenvalue weighted by Gasteiger charge is -2.12. The number of nitrogens with two attached hydrogens (primary N) is 2. The molecule has 8 heteroatoms. The van der Waals surface area contributed by atoms with E-state index in [0.29, 0.717) is 36.0 Å². The summed E-state index contributed by atoms with van der Waals surface area (Å²) in [7, 11) is 0. The first kappa shape index (κ1) is 16.2. The average molecular weight is 365 g/mol. The second-order valence-electron chi connectivity index (χ2n) is 4.58. The Morgan fingerprint density at radius 1 is 1.36 bits per heavy atom. The lowest BCUT2D eigenvalue weighted by molar-refractivity contribution is 0.100. The Labute approximate surface area is 136 Å². The number of anilines is 3. The SMILES string of the molecule is Cc1nc(Nc2cc(NCCN)ncc2C(N)=O)ccc1Br. The summed E-state index contributed by atoms with van der Waals surface area (Å²) < 4.78 is 0.910. The zero-order valence-corrected chi connectivity index (χ0v) is 13.6. The van der Waals surface area contributed by atoms with Crippen LogP contribution in [0.15, 0.2) is 28.9 Å². The van der Waals surface area contributed by atoms with Crippen LogP contribution >= 0.6 is 15.9 Å². The van der Waals surface area contributed by atoms with Crippen LogP contribution in [-0.2, 0) is 0 Å². The maximum absolute atomic E-state index is 11.5. The second kappa shape index (κ2) is 7.19. The molecule has 2 aromatic heterocycles. The molecule has 6 N–H and O–H groups in total. The standard InChI is InChI=1S/C14H17BrN6O/c1-8-10(15)2-3-12(20-8)21-11-6-13(18-5-4-16)19-7-9(11)14(17)22/h2-3,6-7H,4-5,16H2,1H3,(H2,17,22)(H2,18,19,20,21). The highest BCUT2D eigenvalue weighted by molar-refractivity contribution is 9.10. The number of carbonyl (C=O) groups excluding carboxylic acids is 1. The smallest absolute Gasteiger partial charge is 0.252 e. The molecule has 7 nitrogen and oxygen atoms in total. The predicted octanol–water partition coefficient (Wildman–Crippen LogP) is 1.76. The number of nitrogens with zero attached hydrogens (tertiary/aromatic N) is 2. The minimum atomic E-state index is -0.561. The summed E-state index contributed by atoms with van der Waals surface area (Å²) >= 11 is 3.40. The number of aromatic nitrogens is 2. The van der Waals surface area contributed by atoms with Gasteiger partial charge in [-0.3, -0.25) is 4.79 Å². The van der Waals surface area contributed by atoms with Crippen LogP contribution in [0.5, 0.6) is 0 Å². The lowest BCUT2D eigenvalue weighted by Crippen LogP contribution is -2.17. The van der Waals surface area contributed by atoms with Gasteiger partial charge < -0.3 is 22.1 Å². The highest BCUT2D eigenvalue weighted by Gasteiger charge is 2.11. The molecule has 0 aromatic carbocycles. The summed E-state index contributed by atoms with van der Waals surface area (Å²) in [6.07, 6.45) is 1.43. The van der Waals surface area contributed by atoms with Crippen molar-refractivity contribution >= 4 is 39.2 Å². The molecule has 0 saturated heterocycles. The molecule has 116 valence electrons. The predicted molar refractivity (Wildman–Crippen MR) is 90.3 cm³/mol. The average Bonchev–Trinajstić information content (AvgIpc) is 2.49. The number of hydrogen-bond acceptors (Lipinski definition) is 6. The van der Waals surface area contributed by atoms with Gasteiger partial charge in [0.05, 0.1) is 16.9 Å². The number of primary amides is 1. The van der Waals surface area contributed by atoms with Crippen LogP contribution in [0.2, 0.25) is 0 Å². The summed E-state index contributed by atoms with van der Waals surface area (Å²) in [5.41, 5.74) is 12.5. The van der Waals surface area contributed by atoms with Crippen LogP contribution < -0.4 is 22.1 Å². The van der Waals surface area contributed by atoms with E-state index in [4.69, 9.17) is 11.5 Å². The van der Waals surface area contributed by atoms with Gasteiger partial charge in [0.2, 0.25) is 0 Å². The third-order valence-corrected chi connectivity index (χ3v) is 3.74. The number of aryl methyl sites for hydroxylation is 1. The highest BCUT2D eigenvalue weighted by Crippen LogP contribution is 2.24. The van der Waals surface area contributed by atoms with Gasteiger partial charge >= 0.3 is 0 Å². The molecule has 22 heavy (non-hydrogen) atoms. The third kappa shape index (κ3) is 3.92. The highest BCUT2D eigenvalue weighted by atomic mass is 79.9. The molecular weight excluding hydrogens is 348 g/mol. The number of pyridine rings is 2. The van der Waals surface area contributed by atoms with E-state index in [0.717, 1.165) is 10.2 Å². The van der Waals surface area contributed by atoms with Crippen molar-refractivity contribution in [2.75, 3.05) is 23.7 Å². The first-order valence-corrected chi connectivity index (χ1v) is 7.44. The molecule has 0 aliphatic heterocycles. The molecule has 0 atom stereocenters. The number of rotatable bonds is 6. The molecule has 0 spiro atoms. The summed E-state index contributed by atoms with van der Waals surface area (Å²) in [6.45, 7) is 2.94. The number of hydrogen-bond donors (Lipinski definition) is 4. The van der Waals surface area contributed by atoms with E-state index in [-0.39, 0.29) is 0 Å². The van der Waals surface area contributed by atoms with Crippen molar-refractivity contribution in [1.82, 2.24) is 9.97 Å². The first-order valence-electron chi connectivity index (χ1n) is 6.65. The zero-order chi connectivity index (χ0) is 16.1. The van der Waals surface area contributed by atoms with Crippen molar-refractivity contribution in [1.29, 1.82) is 0 Å². The van der Waals surface area contributed by atoms with Crippen molar-refractivity contribution in [2.45, 2.75) is 6.92 Å². The Kier molecular flexibility index (Phi) is 5.29. The fourth-order valence-corrected chi connectivity index (χ4v) is 2.02. The number of carbonyl (C=O) groups is 1. The van der Waals surface area contributed by atoms with Gasteiger partial charge in [-0.1, -0.05) is 0 Å². The molecule has 0 bridgehead atoms. The van der Waals surface area contributed by atoms with Gasteiger partial charge in [0.1, 0.15) is 11.6 Å². The Bertz CT molecular complexity index is 691. The number of nitrogens with one attached hydrogen (secondary N) is 2. The number of halogens is 1. The Morgan fingerprint density at radius 3 is 2.77 bits per heavy atom. The molecule has 1 amide bonds. The van der Waals surface area contributed by atoms with E-state index in [2.05, 4.69) is 36.5 Å². The van der Waals surface area contributed by atoms with Crippen LogP contribution in [-0.4, -0.2) is 29.0 Å². The van der Waals surface area contributed by atoms with Crippen LogP contribution in [0.1, 0.15) is 16.1 Å². The maximum Gasteiger partial charge on any atom is 0.252 e. The third-order valence-electron chi connectivity index (χ3n) is 2.90. The molecule has 2 rings (SSSR count). The van der Waals surface area contributed by atoms with Crippen LogP contribution in [0.3, 0.4) is 0 Å². The topological polar surface area (TPSA) is 119 Å². The summed E-state index contributed by atoms with van der Waals surface area (Å²) in [4.78, 5) is 20.1. The summed E-state index contributed by atoms with van der Waals surface area (Å²) in [5, 5.41) is 6.15. The second-order valence-corrected chi connectivity index (χ2v) is 5.44.